The number of ether oxygens (including phenoxy) is 2. The van der Waals surface area contributed by atoms with Crippen LogP contribution in [0.5, 0.6) is 11.5 Å². The van der Waals surface area contributed by atoms with E-state index >= 15 is 0 Å². The minimum absolute atomic E-state index is 0.146. The van der Waals surface area contributed by atoms with Gasteiger partial charge in [0.25, 0.3) is 5.91 Å². The number of hydrogen-bond acceptors (Lipinski definition) is 6. The Morgan fingerprint density at radius 1 is 1.07 bits per heavy atom. The summed E-state index contributed by atoms with van der Waals surface area (Å²) in [6.45, 7) is 4.57. The molecule has 2 aromatic carbocycles. The van der Waals surface area contributed by atoms with E-state index in [9.17, 15) is 4.79 Å². The highest BCUT2D eigenvalue weighted by Crippen LogP contribution is 2.29. The fourth-order valence-electron chi connectivity index (χ4n) is 3.40. The molecule has 0 saturated carbocycles. The molecule has 2 aromatic rings. The molecule has 1 heterocycles. The number of piperazine rings is 1. The molecule has 0 spiro atoms. The number of nitrogens with zero attached hydrogens (tertiary/aromatic N) is 3. The molecule has 1 aliphatic heterocycles. The van der Waals surface area contributed by atoms with Gasteiger partial charge in [0, 0.05) is 43.3 Å². The van der Waals surface area contributed by atoms with E-state index in [4.69, 9.17) is 21.1 Å². The van der Waals surface area contributed by atoms with Crippen molar-refractivity contribution in [2.24, 2.45) is 5.10 Å². The molecule has 3 rings (SSSR count). The summed E-state index contributed by atoms with van der Waals surface area (Å²) in [6, 6.07) is 13.4. The lowest BCUT2D eigenvalue weighted by Gasteiger charge is -2.34. The molecule has 1 aliphatic rings. The number of methoxy groups -OCH3 is 2. The molecular formula is C22H27ClN4O3. The minimum Gasteiger partial charge on any atom is -0.493 e. The number of carbonyl (C=O) groups is 1. The monoisotopic (exact) mass is 430 g/mol. The lowest BCUT2D eigenvalue weighted by molar-refractivity contribution is -0.122. The molecule has 1 N–H and O–H groups in total. The third kappa shape index (κ3) is 5.95. The van der Waals surface area contributed by atoms with Crippen molar-refractivity contribution >= 4 is 23.7 Å². The van der Waals surface area contributed by atoms with Crippen LogP contribution in [0.25, 0.3) is 0 Å². The molecule has 1 amide bonds. The number of hydrogen-bond donors (Lipinski definition) is 1. The fraction of sp³-hybridized carbons (Fsp3) is 0.364. The zero-order chi connectivity index (χ0) is 21.3. The van der Waals surface area contributed by atoms with Crippen molar-refractivity contribution in [3.05, 3.63) is 58.6 Å². The van der Waals surface area contributed by atoms with Crippen LogP contribution in [0.15, 0.2) is 47.6 Å². The summed E-state index contributed by atoms with van der Waals surface area (Å²) in [7, 11) is 3.15. The summed E-state index contributed by atoms with van der Waals surface area (Å²) in [5, 5.41) is 4.86. The Morgan fingerprint density at radius 3 is 2.50 bits per heavy atom. The second-order valence-electron chi connectivity index (χ2n) is 7.02. The lowest BCUT2D eigenvalue weighted by atomic mass is 10.2. The van der Waals surface area contributed by atoms with E-state index in [0.717, 1.165) is 48.9 Å². The number of benzene rings is 2. The van der Waals surface area contributed by atoms with Crippen LogP contribution in [-0.2, 0) is 11.3 Å². The molecule has 0 radical (unpaired) electrons. The second kappa shape index (κ2) is 11.0. The Bertz CT molecular complexity index is 882. The molecule has 0 aliphatic carbocycles. The largest absolute Gasteiger partial charge is 0.493 e. The highest BCUT2D eigenvalue weighted by molar-refractivity contribution is 6.31. The van der Waals surface area contributed by atoms with Crippen LogP contribution in [0.3, 0.4) is 0 Å². The molecule has 8 heteroatoms. The van der Waals surface area contributed by atoms with Gasteiger partial charge in [0.2, 0.25) is 0 Å². The van der Waals surface area contributed by atoms with Crippen LogP contribution in [-0.4, -0.2) is 68.9 Å². The average Bonchev–Trinajstić information content (AvgIpc) is 2.76. The highest BCUT2D eigenvalue weighted by atomic mass is 35.5. The zero-order valence-electron chi connectivity index (χ0n) is 17.3. The van der Waals surface area contributed by atoms with E-state index in [0.29, 0.717) is 18.0 Å². The van der Waals surface area contributed by atoms with Gasteiger partial charge in [-0.15, -0.1) is 0 Å². The second-order valence-corrected chi connectivity index (χ2v) is 7.43. The fourth-order valence-corrected chi connectivity index (χ4v) is 3.59. The molecule has 0 unspecified atom stereocenters. The van der Waals surface area contributed by atoms with Crippen molar-refractivity contribution in [3.8, 4) is 11.5 Å². The first-order valence-corrected chi connectivity index (χ1v) is 10.2. The van der Waals surface area contributed by atoms with Crippen LogP contribution in [0.4, 0.5) is 0 Å². The Balaban J connectivity index is 1.44. The van der Waals surface area contributed by atoms with Gasteiger partial charge >= 0.3 is 0 Å². The number of amides is 1. The first kappa shape index (κ1) is 22.1. The van der Waals surface area contributed by atoms with Gasteiger partial charge < -0.3 is 9.47 Å². The SMILES string of the molecule is COc1cccc(/C=N/NC(=O)CN2CCN(Cc3ccccc3Cl)CC2)c1OC. The molecule has 0 bridgehead atoms. The van der Waals surface area contributed by atoms with E-state index in [1.165, 1.54) is 0 Å². The Hall–Kier alpha value is -2.61. The first-order valence-electron chi connectivity index (χ1n) is 9.81. The molecule has 0 aromatic heterocycles. The molecule has 160 valence electrons. The van der Waals surface area contributed by atoms with Gasteiger partial charge in [-0.1, -0.05) is 35.9 Å². The topological polar surface area (TPSA) is 66.4 Å². The quantitative estimate of drug-likeness (QED) is 0.515. The zero-order valence-corrected chi connectivity index (χ0v) is 18.1. The van der Waals surface area contributed by atoms with Gasteiger partial charge in [-0.25, -0.2) is 5.43 Å². The average molecular weight is 431 g/mol. The van der Waals surface area contributed by atoms with E-state index in [1.54, 1.807) is 26.5 Å². The summed E-state index contributed by atoms with van der Waals surface area (Å²) in [5.74, 6) is 1.04. The Labute approximate surface area is 182 Å². The normalized spacial score (nSPS) is 15.3. The van der Waals surface area contributed by atoms with Crippen molar-refractivity contribution in [1.29, 1.82) is 0 Å². The molecule has 0 atom stereocenters. The van der Waals surface area contributed by atoms with E-state index < -0.39 is 0 Å². The number of rotatable bonds is 8. The molecule has 7 nitrogen and oxygen atoms in total. The van der Waals surface area contributed by atoms with Crippen LogP contribution >= 0.6 is 11.6 Å². The maximum absolute atomic E-state index is 12.2. The Kier molecular flexibility index (Phi) is 8.07. The third-order valence-electron chi connectivity index (χ3n) is 5.01. The minimum atomic E-state index is -0.146. The van der Waals surface area contributed by atoms with Crippen LogP contribution in [0, 0.1) is 0 Å². The summed E-state index contributed by atoms with van der Waals surface area (Å²) in [4.78, 5) is 16.7. The predicted octanol–water partition coefficient (Wildman–Crippen LogP) is 2.63. The molecule has 1 fully saturated rings. The van der Waals surface area contributed by atoms with Gasteiger partial charge in [-0.05, 0) is 23.8 Å². The smallest absolute Gasteiger partial charge is 0.254 e. The molecular weight excluding hydrogens is 404 g/mol. The standard InChI is InChI=1S/C22H27ClN4O3/c1-29-20-9-5-7-17(22(20)30-2)14-24-25-21(28)16-27-12-10-26(11-13-27)15-18-6-3-4-8-19(18)23/h3-9,14H,10-13,15-16H2,1-2H3,(H,25,28)/b24-14+. The molecule has 30 heavy (non-hydrogen) atoms. The summed E-state index contributed by atoms with van der Waals surface area (Å²) in [5.41, 5.74) is 4.45. The summed E-state index contributed by atoms with van der Waals surface area (Å²) in [6.07, 6.45) is 1.56. The summed E-state index contributed by atoms with van der Waals surface area (Å²) < 4.78 is 10.6. The predicted molar refractivity (Wildman–Crippen MR) is 118 cm³/mol. The van der Waals surface area contributed by atoms with E-state index in [1.807, 2.05) is 30.3 Å². The van der Waals surface area contributed by atoms with Crippen molar-refractivity contribution in [2.75, 3.05) is 46.9 Å². The van der Waals surface area contributed by atoms with Crippen molar-refractivity contribution in [1.82, 2.24) is 15.2 Å². The van der Waals surface area contributed by atoms with Crippen molar-refractivity contribution in [2.45, 2.75) is 6.54 Å². The van der Waals surface area contributed by atoms with Gasteiger partial charge in [0.1, 0.15) is 0 Å². The lowest BCUT2D eigenvalue weighted by Crippen LogP contribution is -2.48. The van der Waals surface area contributed by atoms with Crippen LogP contribution < -0.4 is 14.9 Å². The van der Waals surface area contributed by atoms with Crippen molar-refractivity contribution in [3.63, 3.8) is 0 Å². The van der Waals surface area contributed by atoms with Gasteiger partial charge in [0.05, 0.1) is 27.0 Å². The number of nitrogens with one attached hydrogen (secondary N) is 1. The van der Waals surface area contributed by atoms with Crippen LogP contribution in [0.1, 0.15) is 11.1 Å². The maximum Gasteiger partial charge on any atom is 0.254 e. The Morgan fingerprint density at radius 2 is 1.80 bits per heavy atom. The van der Waals surface area contributed by atoms with Crippen LogP contribution in [0.2, 0.25) is 5.02 Å². The highest BCUT2D eigenvalue weighted by Gasteiger charge is 2.19. The first-order chi connectivity index (χ1) is 14.6. The summed E-state index contributed by atoms with van der Waals surface area (Å²) >= 11 is 6.25. The van der Waals surface area contributed by atoms with Gasteiger partial charge in [-0.2, -0.15) is 5.10 Å². The van der Waals surface area contributed by atoms with Gasteiger partial charge in [-0.3, -0.25) is 14.6 Å². The van der Waals surface area contributed by atoms with E-state index in [2.05, 4.69) is 26.4 Å². The third-order valence-corrected chi connectivity index (χ3v) is 5.38. The van der Waals surface area contributed by atoms with Gasteiger partial charge in [0.15, 0.2) is 11.5 Å². The number of carbonyl (C=O) groups excluding carboxylic acids is 1. The number of halogens is 1. The molecule has 1 saturated heterocycles. The van der Waals surface area contributed by atoms with E-state index in [-0.39, 0.29) is 5.91 Å². The number of para-hydroxylation sites is 1. The maximum atomic E-state index is 12.2. The van der Waals surface area contributed by atoms with Crippen molar-refractivity contribution < 1.29 is 14.3 Å². The number of hydrazone groups is 1.